The zero-order valence-corrected chi connectivity index (χ0v) is 9.66. The van der Waals surface area contributed by atoms with Crippen LogP contribution in [0.4, 0.5) is 0 Å². The molecule has 0 saturated carbocycles. The Hall–Kier alpha value is -1.61. The summed E-state index contributed by atoms with van der Waals surface area (Å²) in [6.45, 7) is 7.90. The number of carboxylic acids is 1. The molecule has 1 atom stereocenters. The van der Waals surface area contributed by atoms with E-state index in [1.807, 2.05) is 32.0 Å². The van der Waals surface area contributed by atoms with E-state index in [-0.39, 0.29) is 0 Å². The highest BCUT2D eigenvalue weighted by atomic mass is 16.4. The van der Waals surface area contributed by atoms with Gasteiger partial charge in [-0.05, 0) is 30.5 Å². The number of hydrogen-bond donors (Lipinski definition) is 2. The third-order valence-electron chi connectivity index (χ3n) is 2.54. The van der Waals surface area contributed by atoms with Crippen LogP contribution in [0.3, 0.4) is 0 Å². The first-order valence-corrected chi connectivity index (χ1v) is 5.21. The van der Waals surface area contributed by atoms with E-state index in [1.54, 1.807) is 6.08 Å². The van der Waals surface area contributed by atoms with E-state index in [0.29, 0.717) is 6.54 Å². The Morgan fingerprint density at radius 2 is 2.06 bits per heavy atom. The van der Waals surface area contributed by atoms with Crippen molar-refractivity contribution in [2.75, 3.05) is 6.54 Å². The summed E-state index contributed by atoms with van der Waals surface area (Å²) < 4.78 is 0. The zero-order chi connectivity index (χ0) is 12.1. The van der Waals surface area contributed by atoms with Crippen molar-refractivity contribution in [1.29, 1.82) is 0 Å². The van der Waals surface area contributed by atoms with E-state index in [1.165, 1.54) is 0 Å². The van der Waals surface area contributed by atoms with Crippen LogP contribution in [0, 0.1) is 13.8 Å². The van der Waals surface area contributed by atoms with Crippen molar-refractivity contribution >= 4 is 5.97 Å². The molecule has 1 aromatic rings. The van der Waals surface area contributed by atoms with Gasteiger partial charge in [-0.25, -0.2) is 0 Å². The molecule has 0 fully saturated rings. The number of hydrogen-bond acceptors (Lipinski definition) is 2. The molecule has 86 valence electrons. The van der Waals surface area contributed by atoms with E-state index in [2.05, 4.69) is 11.9 Å². The number of rotatable bonds is 5. The highest BCUT2D eigenvalue weighted by Gasteiger charge is 2.21. The van der Waals surface area contributed by atoms with Crippen molar-refractivity contribution in [3.05, 3.63) is 47.5 Å². The summed E-state index contributed by atoms with van der Waals surface area (Å²) in [7, 11) is 0. The Bertz CT molecular complexity index is 379. The van der Waals surface area contributed by atoms with Gasteiger partial charge in [0.05, 0.1) is 0 Å². The van der Waals surface area contributed by atoms with E-state index < -0.39 is 12.0 Å². The minimum absolute atomic E-state index is 0.477. The summed E-state index contributed by atoms with van der Waals surface area (Å²) in [5, 5.41) is 12.2. The summed E-state index contributed by atoms with van der Waals surface area (Å²) in [6, 6.07) is 5.11. The Morgan fingerprint density at radius 3 is 2.50 bits per heavy atom. The molecule has 1 rings (SSSR count). The van der Waals surface area contributed by atoms with Crippen molar-refractivity contribution < 1.29 is 9.90 Å². The lowest BCUT2D eigenvalue weighted by Crippen LogP contribution is -2.29. The number of aliphatic carboxylic acids is 1. The van der Waals surface area contributed by atoms with Crippen LogP contribution in [0.1, 0.15) is 22.7 Å². The van der Waals surface area contributed by atoms with Gasteiger partial charge in [-0.3, -0.25) is 10.1 Å². The van der Waals surface area contributed by atoms with Gasteiger partial charge in [-0.1, -0.05) is 24.3 Å². The number of nitrogens with one attached hydrogen (secondary N) is 1. The van der Waals surface area contributed by atoms with Crippen LogP contribution < -0.4 is 5.32 Å². The maximum absolute atomic E-state index is 11.2. The molecule has 1 unspecified atom stereocenters. The first kappa shape index (κ1) is 12.5. The molecule has 0 aromatic heterocycles. The lowest BCUT2D eigenvalue weighted by atomic mass is 9.96. The maximum Gasteiger partial charge on any atom is 0.325 e. The summed E-state index contributed by atoms with van der Waals surface area (Å²) in [4.78, 5) is 11.2. The predicted octanol–water partition coefficient (Wildman–Crippen LogP) is 2.20. The van der Waals surface area contributed by atoms with Gasteiger partial charge in [0.1, 0.15) is 6.04 Å². The van der Waals surface area contributed by atoms with Gasteiger partial charge in [-0.15, -0.1) is 6.58 Å². The molecule has 0 aliphatic carbocycles. The normalized spacial score (nSPS) is 12.1. The van der Waals surface area contributed by atoms with Crippen molar-refractivity contribution in [2.24, 2.45) is 0 Å². The number of aryl methyl sites for hydroxylation is 2. The van der Waals surface area contributed by atoms with E-state index in [9.17, 15) is 9.90 Å². The number of carbonyl (C=O) groups is 1. The van der Waals surface area contributed by atoms with Gasteiger partial charge in [0, 0.05) is 6.54 Å². The molecule has 0 radical (unpaired) electrons. The largest absolute Gasteiger partial charge is 0.480 e. The molecule has 3 nitrogen and oxygen atoms in total. The SMILES string of the molecule is C=CCNC(C(=O)O)c1c(C)cccc1C. The Balaban J connectivity index is 3.10. The minimum Gasteiger partial charge on any atom is -0.480 e. The molecule has 2 N–H and O–H groups in total. The predicted molar refractivity (Wildman–Crippen MR) is 64.5 cm³/mol. The number of benzene rings is 1. The molecule has 0 saturated heterocycles. The van der Waals surface area contributed by atoms with Crippen molar-refractivity contribution in [2.45, 2.75) is 19.9 Å². The second kappa shape index (κ2) is 5.47. The maximum atomic E-state index is 11.2. The van der Waals surface area contributed by atoms with Crippen molar-refractivity contribution in [3.8, 4) is 0 Å². The van der Waals surface area contributed by atoms with Crippen molar-refractivity contribution in [3.63, 3.8) is 0 Å². The standard InChI is InChI=1S/C13H17NO2/c1-4-8-14-12(13(15)16)11-9(2)6-5-7-10(11)3/h4-7,12,14H,1,8H2,2-3H3,(H,15,16). The third-order valence-corrected chi connectivity index (χ3v) is 2.54. The lowest BCUT2D eigenvalue weighted by Gasteiger charge is -2.18. The molecule has 0 aliphatic heterocycles. The molecule has 1 aromatic carbocycles. The van der Waals surface area contributed by atoms with E-state index >= 15 is 0 Å². The van der Waals surface area contributed by atoms with Gasteiger partial charge in [-0.2, -0.15) is 0 Å². The van der Waals surface area contributed by atoms with Gasteiger partial charge in [0.25, 0.3) is 0 Å². The Morgan fingerprint density at radius 1 is 1.50 bits per heavy atom. The van der Waals surface area contributed by atoms with Crippen LogP contribution in [-0.4, -0.2) is 17.6 Å². The van der Waals surface area contributed by atoms with Crippen LogP contribution in [0.2, 0.25) is 0 Å². The van der Waals surface area contributed by atoms with Crippen LogP contribution >= 0.6 is 0 Å². The Kier molecular flexibility index (Phi) is 4.26. The number of carboxylic acid groups (broad SMARTS) is 1. The molecule has 0 aliphatic rings. The third kappa shape index (κ3) is 2.70. The highest BCUT2D eigenvalue weighted by molar-refractivity contribution is 5.76. The van der Waals surface area contributed by atoms with Gasteiger partial charge < -0.3 is 5.11 Å². The molecule has 0 heterocycles. The van der Waals surface area contributed by atoms with Crippen molar-refractivity contribution in [1.82, 2.24) is 5.32 Å². The monoisotopic (exact) mass is 219 g/mol. The molecular weight excluding hydrogens is 202 g/mol. The topological polar surface area (TPSA) is 49.3 Å². The van der Waals surface area contributed by atoms with Crippen LogP contribution in [0.25, 0.3) is 0 Å². The highest BCUT2D eigenvalue weighted by Crippen LogP contribution is 2.21. The Labute approximate surface area is 95.8 Å². The fourth-order valence-electron chi connectivity index (χ4n) is 1.80. The summed E-state index contributed by atoms with van der Waals surface area (Å²) in [6.07, 6.45) is 1.66. The van der Waals surface area contributed by atoms with Crippen LogP contribution in [0.5, 0.6) is 0 Å². The van der Waals surface area contributed by atoms with Gasteiger partial charge in [0.15, 0.2) is 0 Å². The van der Waals surface area contributed by atoms with E-state index in [4.69, 9.17) is 0 Å². The molecule has 0 bridgehead atoms. The van der Waals surface area contributed by atoms with E-state index in [0.717, 1.165) is 16.7 Å². The van der Waals surface area contributed by atoms with Gasteiger partial charge >= 0.3 is 5.97 Å². The quantitative estimate of drug-likeness (QED) is 0.746. The molecule has 3 heteroatoms. The molecule has 0 amide bonds. The average molecular weight is 219 g/mol. The van der Waals surface area contributed by atoms with Gasteiger partial charge in [0.2, 0.25) is 0 Å². The summed E-state index contributed by atoms with van der Waals surface area (Å²) >= 11 is 0. The lowest BCUT2D eigenvalue weighted by molar-refractivity contribution is -0.139. The summed E-state index contributed by atoms with van der Waals surface area (Å²) in [5.74, 6) is -0.862. The smallest absolute Gasteiger partial charge is 0.325 e. The molecule has 16 heavy (non-hydrogen) atoms. The fraction of sp³-hybridized carbons (Fsp3) is 0.308. The average Bonchev–Trinajstić information content (AvgIpc) is 2.21. The molecule has 0 spiro atoms. The van der Waals surface area contributed by atoms with Crippen LogP contribution in [-0.2, 0) is 4.79 Å². The minimum atomic E-state index is -0.862. The molecular formula is C13H17NO2. The zero-order valence-electron chi connectivity index (χ0n) is 9.66. The van der Waals surface area contributed by atoms with Crippen LogP contribution in [0.15, 0.2) is 30.9 Å². The first-order valence-electron chi connectivity index (χ1n) is 5.21. The first-order chi connectivity index (χ1) is 7.57. The second-order valence-corrected chi connectivity index (χ2v) is 3.77. The fourth-order valence-corrected chi connectivity index (χ4v) is 1.80. The summed E-state index contributed by atoms with van der Waals surface area (Å²) in [5.41, 5.74) is 2.82. The second-order valence-electron chi connectivity index (χ2n) is 3.77.